The van der Waals surface area contributed by atoms with Gasteiger partial charge in [0, 0.05) is 6.54 Å². The fraction of sp³-hybridized carbons (Fsp3) is 0.667. The molecule has 1 saturated heterocycles. The fourth-order valence-electron chi connectivity index (χ4n) is 1.29. The van der Waals surface area contributed by atoms with Crippen LogP contribution in [0, 0.1) is 0 Å². The van der Waals surface area contributed by atoms with Crippen molar-refractivity contribution < 1.29 is 14.7 Å². The van der Waals surface area contributed by atoms with Crippen molar-refractivity contribution in [1.82, 2.24) is 4.90 Å². The monoisotopic (exact) mass is 175 g/mol. The van der Waals surface area contributed by atoms with Gasteiger partial charge in [-0.05, 0) is 22.1 Å². The van der Waals surface area contributed by atoms with Crippen LogP contribution in [0.3, 0.4) is 0 Å². The SMILES string of the molecule is O=C(O)[C@@H]1CCCN1C(=O)P. The van der Waals surface area contributed by atoms with Crippen molar-refractivity contribution in [3.63, 3.8) is 0 Å². The van der Waals surface area contributed by atoms with E-state index in [4.69, 9.17) is 5.11 Å². The van der Waals surface area contributed by atoms with E-state index >= 15 is 0 Å². The van der Waals surface area contributed by atoms with E-state index in [0.29, 0.717) is 13.0 Å². The summed E-state index contributed by atoms with van der Waals surface area (Å²) in [5.74, 6) is -0.904. The van der Waals surface area contributed by atoms with Gasteiger partial charge in [0.1, 0.15) is 6.04 Å². The standard InChI is InChI=1S/C6H10NO3P/c8-5(9)4-2-1-3-7(4)6(10)11/h4H,1-3,11H2,(H,8,9)/t4-/m0/s1. The molecule has 1 aliphatic heterocycles. The van der Waals surface area contributed by atoms with Crippen LogP contribution in [-0.2, 0) is 4.79 Å². The van der Waals surface area contributed by atoms with Gasteiger partial charge in [0.05, 0.1) is 0 Å². The lowest BCUT2D eigenvalue weighted by molar-refractivity contribution is -0.141. The molecule has 1 rings (SSSR count). The molecule has 62 valence electrons. The number of carbonyl (C=O) groups is 2. The van der Waals surface area contributed by atoms with Crippen LogP contribution in [-0.4, -0.2) is 34.2 Å². The van der Waals surface area contributed by atoms with Crippen molar-refractivity contribution in [2.45, 2.75) is 18.9 Å². The highest BCUT2D eigenvalue weighted by Crippen LogP contribution is 2.19. The third-order valence-electron chi connectivity index (χ3n) is 1.82. The Bertz CT molecular complexity index is 174. The second kappa shape index (κ2) is 3.18. The summed E-state index contributed by atoms with van der Waals surface area (Å²) < 4.78 is 0. The highest BCUT2D eigenvalue weighted by atomic mass is 31.0. The van der Waals surface area contributed by atoms with Crippen molar-refractivity contribution in [1.29, 1.82) is 0 Å². The number of hydrogen-bond acceptors (Lipinski definition) is 2. The summed E-state index contributed by atoms with van der Waals surface area (Å²) in [6, 6.07) is -0.597. The van der Waals surface area contributed by atoms with E-state index in [0.717, 1.165) is 6.42 Å². The first-order valence-corrected chi connectivity index (χ1v) is 3.99. The molecule has 1 aliphatic rings. The maximum Gasteiger partial charge on any atom is 0.326 e. The van der Waals surface area contributed by atoms with Crippen LogP contribution >= 0.6 is 9.24 Å². The second-order valence-electron chi connectivity index (χ2n) is 2.53. The van der Waals surface area contributed by atoms with Crippen molar-refractivity contribution in [3.8, 4) is 0 Å². The number of carboxylic acids is 1. The fourth-order valence-corrected chi connectivity index (χ4v) is 1.60. The summed E-state index contributed by atoms with van der Waals surface area (Å²) in [7, 11) is 1.99. The number of nitrogens with zero attached hydrogens (tertiary/aromatic N) is 1. The molecule has 5 heteroatoms. The number of aliphatic carboxylic acids is 1. The predicted octanol–water partition coefficient (Wildman–Crippen LogP) is 0.530. The van der Waals surface area contributed by atoms with E-state index in [1.54, 1.807) is 0 Å². The zero-order chi connectivity index (χ0) is 8.43. The minimum atomic E-state index is -0.904. The van der Waals surface area contributed by atoms with Crippen molar-refractivity contribution in [3.05, 3.63) is 0 Å². The van der Waals surface area contributed by atoms with Crippen LogP contribution in [0.15, 0.2) is 0 Å². The average molecular weight is 175 g/mol. The first-order valence-electron chi connectivity index (χ1n) is 3.42. The van der Waals surface area contributed by atoms with E-state index < -0.39 is 12.0 Å². The largest absolute Gasteiger partial charge is 0.480 e. The predicted molar refractivity (Wildman–Crippen MR) is 42.5 cm³/mol. The zero-order valence-corrected chi connectivity index (χ0v) is 7.14. The molecule has 4 nitrogen and oxygen atoms in total. The van der Waals surface area contributed by atoms with Crippen molar-refractivity contribution in [2.75, 3.05) is 6.54 Å². The minimum absolute atomic E-state index is 0.227. The van der Waals surface area contributed by atoms with Gasteiger partial charge in [-0.1, -0.05) is 0 Å². The molecule has 0 aromatic carbocycles. The first-order chi connectivity index (χ1) is 5.13. The number of carboxylic acid groups (broad SMARTS) is 1. The van der Waals surface area contributed by atoms with Gasteiger partial charge >= 0.3 is 5.97 Å². The quantitative estimate of drug-likeness (QED) is 0.591. The van der Waals surface area contributed by atoms with Crippen molar-refractivity contribution in [2.24, 2.45) is 0 Å². The first kappa shape index (κ1) is 8.47. The molecule has 0 saturated carbocycles. The van der Waals surface area contributed by atoms with Crippen LogP contribution in [0.1, 0.15) is 12.8 Å². The number of rotatable bonds is 1. The molecule has 0 aliphatic carbocycles. The Hall–Kier alpha value is -0.630. The zero-order valence-electron chi connectivity index (χ0n) is 5.99. The Morgan fingerprint density at radius 1 is 1.55 bits per heavy atom. The molecule has 1 heterocycles. The highest BCUT2D eigenvalue weighted by Gasteiger charge is 2.31. The van der Waals surface area contributed by atoms with E-state index in [1.807, 2.05) is 9.24 Å². The van der Waals surface area contributed by atoms with Gasteiger partial charge in [0.15, 0.2) is 0 Å². The van der Waals surface area contributed by atoms with E-state index in [-0.39, 0.29) is 5.65 Å². The molecule has 0 aromatic rings. The van der Waals surface area contributed by atoms with Gasteiger partial charge < -0.3 is 10.0 Å². The molecule has 0 aromatic heterocycles. The number of amides is 1. The number of likely N-dealkylation sites (tertiary alicyclic amines) is 1. The smallest absolute Gasteiger partial charge is 0.326 e. The van der Waals surface area contributed by atoms with Gasteiger partial charge in [-0.2, -0.15) is 0 Å². The molecular weight excluding hydrogens is 165 g/mol. The summed E-state index contributed by atoms with van der Waals surface area (Å²) in [4.78, 5) is 22.7. The summed E-state index contributed by atoms with van der Waals surface area (Å²) in [6.45, 7) is 0.569. The maximum atomic E-state index is 10.8. The lowest BCUT2D eigenvalue weighted by Crippen LogP contribution is -2.37. The highest BCUT2D eigenvalue weighted by molar-refractivity contribution is 7.39. The van der Waals surface area contributed by atoms with Gasteiger partial charge in [-0.3, -0.25) is 4.79 Å². The molecule has 1 N–H and O–H groups in total. The Labute approximate surface area is 66.8 Å². The molecule has 0 radical (unpaired) electrons. The molecular formula is C6H10NO3P. The van der Waals surface area contributed by atoms with Gasteiger partial charge in [0.2, 0.25) is 5.65 Å². The van der Waals surface area contributed by atoms with E-state index in [9.17, 15) is 9.59 Å². The van der Waals surface area contributed by atoms with Gasteiger partial charge in [0.25, 0.3) is 0 Å². The molecule has 1 amide bonds. The molecule has 0 bridgehead atoms. The topological polar surface area (TPSA) is 57.6 Å². The molecule has 2 atom stereocenters. The number of carbonyl (C=O) groups excluding carboxylic acids is 1. The van der Waals surface area contributed by atoms with E-state index in [1.165, 1.54) is 4.90 Å². The lowest BCUT2D eigenvalue weighted by atomic mass is 10.2. The maximum absolute atomic E-state index is 10.8. The summed E-state index contributed by atoms with van der Waals surface area (Å²) >= 11 is 0. The Morgan fingerprint density at radius 2 is 2.18 bits per heavy atom. The molecule has 11 heavy (non-hydrogen) atoms. The van der Waals surface area contributed by atoms with Crippen LogP contribution < -0.4 is 0 Å². The summed E-state index contributed by atoms with van der Waals surface area (Å²) in [5.41, 5.74) is -0.227. The second-order valence-corrected chi connectivity index (χ2v) is 3.02. The molecule has 1 fully saturated rings. The Kier molecular flexibility index (Phi) is 2.45. The van der Waals surface area contributed by atoms with Crippen LogP contribution in [0.4, 0.5) is 4.79 Å². The average Bonchev–Trinajstić information content (AvgIpc) is 2.32. The lowest BCUT2D eigenvalue weighted by Gasteiger charge is -2.18. The molecule has 0 spiro atoms. The Morgan fingerprint density at radius 3 is 2.55 bits per heavy atom. The molecule has 1 unspecified atom stereocenters. The number of hydrogen-bond donors (Lipinski definition) is 1. The third kappa shape index (κ3) is 1.69. The third-order valence-corrected chi connectivity index (χ3v) is 2.15. The summed E-state index contributed by atoms with van der Waals surface area (Å²) in [6.07, 6.45) is 1.37. The van der Waals surface area contributed by atoms with Crippen LogP contribution in [0.5, 0.6) is 0 Å². The van der Waals surface area contributed by atoms with E-state index in [2.05, 4.69) is 0 Å². The van der Waals surface area contributed by atoms with Crippen molar-refractivity contribution >= 4 is 20.9 Å². The Balaban J connectivity index is 2.65. The van der Waals surface area contributed by atoms with Gasteiger partial charge in [-0.25, -0.2) is 4.79 Å². The van der Waals surface area contributed by atoms with Crippen LogP contribution in [0.25, 0.3) is 0 Å². The van der Waals surface area contributed by atoms with Crippen LogP contribution in [0.2, 0.25) is 0 Å². The minimum Gasteiger partial charge on any atom is -0.480 e. The summed E-state index contributed by atoms with van der Waals surface area (Å²) in [5, 5.41) is 8.63. The normalized spacial score (nSPS) is 23.7. The van der Waals surface area contributed by atoms with Gasteiger partial charge in [-0.15, -0.1) is 0 Å².